The third-order valence-corrected chi connectivity index (χ3v) is 4.88. The van der Waals surface area contributed by atoms with Crippen LogP contribution < -0.4 is 16.0 Å². The van der Waals surface area contributed by atoms with Crippen LogP contribution in [0.3, 0.4) is 0 Å². The summed E-state index contributed by atoms with van der Waals surface area (Å²) in [6.45, 7) is 3.78. The molecule has 6 amide bonds. The molecule has 1 saturated heterocycles. The molecule has 2 aliphatic rings. The quantitative estimate of drug-likeness (QED) is 0.691. The molecule has 1 atom stereocenters. The van der Waals surface area contributed by atoms with Crippen LogP contribution in [0.25, 0.3) is 0 Å². The zero-order valence-electron chi connectivity index (χ0n) is 15.5. The van der Waals surface area contributed by atoms with Crippen molar-refractivity contribution in [2.45, 2.75) is 38.6 Å². The minimum Gasteiger partial charge on any atom is -0.338 e. The SMILES string of the molecule is CC(C)CNC(=O)NC(=O)CN1C(=O)N[C@]2(CCCc3ccccc32)C1=O. The Morgan fingerprint density at radius 2 is 2.00 bits per heavy atom. The molecular weight excluding hydrogens is 348 g/mol. The lowest BCUT2D eigenvalue weighted by atomic mass is 9.76. The van der Waals surface area contributed by atoms with Gasteiger partial charge in [-0.2, -0.15) is 0 Å². The Kier molecular flexibility index (Phi) is 5.16. The zero-order chi connectivity index (χ0) is 19.6. The molecule has 3 N–H and O–H groups in total. The zero-order valence-corrected chi connectivity index (χ0v) is 15.5. The van der Waals surface area contributed by atoms with Crippen LogP contribution in [0.4, 0.5) is 9.59 Å². The summed E-state index contributed by atoms with van der Waals surface area (Å²) in [4.78, 5) is 50.2. The Bertz CT molecular complexity index is 792. The van der Waals surface area contributed by atoms with Crippen molar-refractivity contribution in [3.8, 4) is 0 Å². The number of rotatable bonds is 4. The molecule has 8 heteroatoms. The third kappa shape index (κ3) is 3.65. The summed E-state index contributed by atoms with van der Waals surface area (Å²) < 4.78 is 0. The second kappa shape index (κ2) is 7.38. The molecule has 1 aromatic rings. The predicted molar refractivity (Wildman–Crippen MR) is 97.7 cm³/mol. The van der Waals surface area contributed by atoms with Crippen LogP contribution in [0.15, 0.2) is 24.3 Å². The highest BCUT2D eigenvalue weighted by atomic mass is 16.2. The Morgan fingerprint density at radius 1 is 1.26 bits per heavy atom. The molecule has 1 aliphatic carbocycles. The fraction of sp³-hybridized carbons (Fsp3) is 0.474. The number of amides is 6. The van der Waals surface area contributed by atoms with Crippen LogP contribution in [0.2, 0.25) is 0 Å². The second-order valence-corrected chi connectivity index (χ2v) is 7.39. The number of nitrogens with one attached hydrogen (secondary N) is 3. The lowest BCUT2D eigenvalue weighted by Gasteiger charge is -2.33. The van der Waals surface area contributed by atoms with Crippen molar-refractivity contribution in [1.29, 1.82) is 0 Å². The topological polar surface area (TPSA) is 108 Å². The lowest BCUT2D eigenvalue weighted by molar-refractivity contribution is -0.135. The van der Waals surface area contributed by atoms with Crippen molar-refractivity contribution < 1.29 is 19.2 Å². The molecule has 1 fully saturated rings. The summed E-state index contributed by atoms with van der Waals surface area (Å²) in [7, 11) is 0. The van der Waals surface area contributed by atoms with E-state index in [2.05, 4.69) is 16.0 Å². The molecule has 0 aromatic heterocycles. The van der Waals surface area contributed by atoms with Gasteiger partial charge in [0.2, 0.25) is 5.91 Å². The molecule has 8 nitrogen and oxygen atoms in total. The Labute approximate surface area is 157 Å². The number of imide groups is 2. The highest BCUT2D eigenvalue weighted by molar-refractivity contribution is 6.10. The van der Waals surface area contributed by atoms with E-state index in [1.807, 2.05) is 38.1 Å². The van der Waals surface area contributed by atoms with Crippen molar-refractivity contribution in [3.63, 3.8) is 0 Å². The van der Waals surface area contributed by atoms with Gasteiger partial charge in [0.05, 0.1) is 0 Å². The molecule has 1 aromatic carbocycles. The van der Waals surface area contributed by atoms with E-state index in [9.17, 15) is 19.2 Å². The number of nitrogens with zero attached hydrogens (tertiary/aromatic N) is 1. The van der Waals surface area contributed by atoms with Crippen molar-refractivity contribution in [1.82, 2.24) is 20.9 Å². The summed E-state index contributed by atoms with van der Waals surface area (Å²) in [5, 5.41) is 7.49. The second-order valence-electron chi connectivity index (χ2n) is 7.39. The van der Waals surface area contributed by atoms with E-state index >= 15 is 0 Å². The smallest absolute Gasteiger partial charge is 0.325 e. The van der Waals surface area contributed by atoms with Crippen molar-refractivity contribution >= 4 is 23.9 Å². The average molecular weight is 372 g/mol. The Balaban J connectivity index is 1.71. The van der Waals surface area contributed by atoms with Gasteiger partial charge in [-0.25, -0.2) is 9.59 Å². The van der Waals surface area contributed by atoms with Gasteiger partial charge in [0.1, 0.15) is 12.1 Å². The molecular formula is C19H24N4O4. The maximum absolute atomic E-state index is 13.1. The number of aryl methyl sites for hydroxylation is 1. The van der Waals surface area contributed by atoms with Gasteiger partial charge in [-0.1, -0.05) is 38.1 Å². The van der Waals surface area contributed by atoms with E-state index in [4.69, 9.17) is 0 Å². The summed E-state index contributed by atoms with van der Waals surface area (Å²) in [5.74, 6) is -0.915. The van der Waals surface area contributed by atoms with Gasteiger partial charge in [-0.15, -0.1) is 0 Å². The molecule has 27 heavy (non-hydrogen) atoms. The van der Waals surface area contributed by atoms with Crippen molar-refractivity contribution in [2.24, 2.45) is 5.92 Å². The molecule has 0 unspecified atom stereocenters. The summed E-state index contributed by atoms with van der Waals surface area (Å²) in [5.41, 5.74) is 0.690. The molecule has 3 rings (SSSR count). The van der Waals surface area contributed by atoms with Gasteiger partial charge < -0.3 is 10.6 Å². The standard InChI is InChI=1S/C19H24N4O4/c1-12(2)10-20-17(26)21-15(24)11-23-16(25)19(22-18(23)27)9-5-7-13-6-3-4-8-14(13)19/h3-4,6,8,12H,5,7,9-11H2,1-2H3,(H,22,27)(H2,20,21,24,26)/t19-/m0/s1. The van der Waals surface area contributed by atoms with Crippen LogP contribution in [-0.2, 0) is 21.5 Å². The van der Waals surface area contributed by atoms with Crippen LogP contribution in [0.5, 0.6) is 0 Å². The van der Waals surface area contributed by atoms with E-state index in [0.717, 1.165) is 28.9 Å². The number of fused-ring (bicyclic) bond motifs is 2. The predicted octanol–water partition coefficient (Wildman–Crippen LogP) is 1.25. The minimum absolute atomic E-state index is 0.239. The summed E-state index contributed by atoms with van der Waals surface area (Å²) in [6, 6.07) is 6.27. The molecule has 0 bridgehead atoms. The number of benzene rings is 1. The van der Waals surface area contributed by atoms with E-state index in [1.165, 1.54) is 0 Å². The summed E-state index contributed by atoms with van der Waals surface area (Å²) in [6.07, 6.45) is 2.10. The van der Waals surface area contributed by atoms with Gasteiger partial charge in [0.15, 0.2) is 0 Å². The third-order valence-electron chi connectivity index (χ3n) is 4.88. The van der Waals surface area contributed by atoms with Crippen LogP contribution in [-0.4, -0.2) is 41.9 Å². The minimum atomic E-state index is -1.12. The largest absolute Gasteiger partial charge is 0.338 e. The number of carbonyl (C=O) groups is 4. The van der Waals surface area contributed by atoms with Gasteiger partial charge in [0, 0.05) is 6.54 Å². The Hall–Kier alpha value is -2.90. The van der Waals surface area contributed by atoms with E-state index in [0.29, 0.717) is 13.0 Å². The molecule has 144 valence electrons. The van der Waals surface area contributed by atoms with Gasteiger partial charge in [-0.3, -0.25) is 19.8 Å². The van der Waals surface area contributed by atoms with Crippen LogP contribution >= 0.6 is 0 Å². The van der Waals surface area contributed by atoms with Crippen LogP contribution in [0.1, 0.15) is 37.8 Å². The first-order valence-corrected chi connectivity index (χ1v) is 9.13. The number of hydrogen-bond acceptors (Lipinski definition) is 4. The fourth-order valence-corrected chi connectivity index (χ4v) is 3.61. The highest BCUT2D eigenvalue weighted by Crippen LogP contribution is 2.39. The van der Waals surface area contributed by atoms with E-state index < -0.39 is 36.0 Å². The van der Waals surface area contributed by atoms with Crippen molar-refractivity contribution in [3.05, 3.63) is 35.4 Å². The van der Waals surface area contributed by atoms with E-state index in [-0.39, 0.29) is 5.92 Å². The molecule has 1 aliphatic heterocycles. The van der Waals surface area contributed by atoms with E-state index in [1.54, 1.807) is 0 Å². The molecule has 0 saturated carbocycles. The first kappa shape index (κ1) is 18.9. The fourth-order valence-electron chi connectivity index (χ4n) is 3.61. The molecule has 0 radical (unpaired) electrons. The number of urea groups is 2. The first-order valence-electron chi connectivity index (χ1n) is 9.13. The molecule has 1 heterocycles. The first-order chi connectivity index (χ1) is 12.8. The number of hydrogen-bond donors (Lipinski definition) is 3. The molecule has 1 spiro atoms. The van der Waals surface area contributed by atoms with Crippen LogP contribution in [0, 0.1) is 5.92 Å². The summed E-state index contributed by atoms with van der Waals surface area (Å²) >= 11 is 0. The Morgan fingerprint density at radius 3 is 2.74 bits per heavy atom. The lowest BCUT2D eigenvalue weighted by Crippen LogP contribution is -2.48. The average Bonchev–Trinajstić information content (AvgIpc) is 2.85. The van der Waals surface area contributed by atoms with Gasteiger partial charge >= 0.3 is 12.1 Å². The maximum Gasteiger partial charge on any atom is 0.325 e. The van der Waals surface area contributed by atoms with Gasteiger partial charge in [-0.05, 0) is 36.3 Å². The normalized spacial score (nSPS) is 21.2. The van der Waals surface area contributed by atoms with Crippen molar-refractivity contribution in [2.75, 3.05) is 13.1 Å². The number of carbonyl (C=O) groups excluding carboxylic acids is 4. The maximum atomic E-state index is 13.1. The highest BCUT2D eigenvalue weighted by Gasteiger charge is 2.54. The van der Waals surface area contributed by atoms with Gasteiger partial charge in [0.25, 0.3) is 5.91 Å². The monoisotopic (exact) mass is 372 g/mol.